The summed E-state index contributed by atoms with van der Waals surface area (Å²) in [5.41, 5.74) is 1.65. The van der Waals surface area contributed by atoms with Gasteiger partial charge in [-0.2, -0.15) is 0 Å². The van der Waals surface area contributed by atoms with Crippen LogP contribution in [0.25, 0.3) is 0 Å². The Labute approximate surface area is 189 Å². The van der Waals surface area contributed by atoms with Gasteiger partial charge in [-0.1, -0.05) is 18.6 Å². The molecule has 1 unspecified atom stereocenters. The van der Waals surface area contributed by atoms with Crippen LogP contribution in [-0.4, -0.2) is 64.9 Å². The molecule has 170 valence electrons. The van der Waals surface area contributed by atoms with Crippen molar-refractivity contribution in [3.8, 4) is 5.75 Å². The summed E-state index contributed by atoms with van der Waals surface area (Å²) in [6, 6.07) is 7.27. The number of aryl methyl sites for hydroxylation is 1. The number of para-hydroxylation sites is 2. The number of benzene rings is 1. The van der Waals surface area contributed by atoms with Crippen molar-refractivity contribution < 1.29 is 14.3 Å². The molecule has 4 rings (SSSR count). The molecule has 2 aliphatic heterocycles. The number of piperidine rings is 1. The van der Waals surface area contributed by atoms with E-state index in [9.17, 15) is 9.59 Å². The van der Waals surface area contributed by atoms with E-state index in [1.165, 1.54) is 0 Å². The number of methoxy groups -OCH3 is 1. The monoisotopic (exact) mass is 437 g/mol. The molecule has 0 aliphatic carbocycles. The highest BCUT2D eigenvalue weighted by atomic mass is 16.5. The predicted octanol–water partition coefficient (Wildman–Crippen LogP) is 3.20. The smallest absolute Gasteiger partial charge is 0.259 e. The summed E-state index contributed by atoms with van der Waals surface area (Å²) < 4.78 is 5.31. The lowest BCUT2D eigenvalue weighted by molar-refractivity contribution is -0.132. The molecule has 8 heteroatoms. The maximum atomic E-state index is 12.8. The van der Waals surface area contributed by atoms with Crippen LogP contribution in [0.15, 0.2) is 30.5 Å². The lowest BCUT2D eigenvalue weighted by Crippen LogP contribution is -2.43. The van der Waals surface area contributed by atoms with E-state index >= 15 is 0 Å². The minimum Gasteiger partial charge on any atom is -0.495 e. The van der Waals surface area contributed by atoms with E-state index in [1.807, 2.05) is 24.0 Å². The number of aromatic nitrogens is 2. The topological polar surface area (TPSA) is 87.7 Å². The molecule has 8 nitrogen and oxygen atoms in total. The third-order valence-electron chi connectivity index (χ3n) is 6.31. The Morgan fingerprint density at radius 3 is 2.62 bits per heavy atom. The quantitative estimate of drug-likeness (QED) is 0.747. The van der Waals surface area contributed by atoms with Crippen LogP contribution in [0.5, 0.6) is 5.75 Å². The van der Waals surface area contributed by atoms with Crippen LogP contribution in [-0.2, 0) is 4.79 Å². The molecule has 32 heavy (non-hydrogen) atoms. The standard InChI is InChI=1S/C24H31N5O3/c1-17-18(24(31)27-19-9-3-4-11-21(19)32-2)15-25-23(26-17)20-10-5-6-14-29(20)16-22(30)28-12-7-8-13-28/h3-4,9,11,15,20H,5-8,10,12-14,16H2,1-2H3,(H,27,31). The van der Waals surface area contributed by atoms with E-state index in [2.05, 4.69) is 20.2 Å². The number of likely N-dealkylation sites (tertiary alicyclic amines) is 2. The number of amides is 2. The van der Waals surface area contributed by atoms with Gasteiger partial charge in [-0.3, -0.25) is 14.5 Å². The summed E-state index contributed by atoms with van der Waals surface area (Å²) in [6.07, 6.45) is 6.85. The van der Waals surface area contributed by atoms with Crippen LogP contribution in [0.3, 0.4) is 0 Å². The zero-order valence-corrected chi connectivity index (χ0v) is 18.8. The lowest BCUT2D eigenvalue weighted by Gasteiger charge is -2.35. The molecule has 1 aromatic heterocycles. The lowest BCUT2D eigenvalue weighted by atomic mass is 10.0. The van der Waals surface area contributed by atoms with Gasteiger partial charge in [0, 0.05) is 19.3 Å². The molecule has 1 N–H and O–H groups in total. The number of rotatable bonds is 6. The van der Waals surface area contributed by atoms with Crippen molar-refractivity contribution >= 4 is 17.5 Å². The summed E-state index contributed by atoms with van der Waals surface area (Å²) in [4.78, 5) is 39.0. The van der Waals surface area contributed by atoms with E-state index < -0.39 is 0 Å². The van der Waals surface area contributed by atoms with Crippen molar-refractivity contribution in [3.05, 3.63) is 47.5 Å². The fourth-order valence-corrected chi connectivity index (χ4v) is 4.52. The second kappa shape index (κ2) is 10.1. The van der Waals surface area contributed by atoms with Crippen LogP contribution >= 0.6 is 0 Å². The average Bonchev–Trinajstić information content (AvgIpc) is 3.35. The Morgan fingerprint density at radius 1 is 1.12 bits per heavy atom. The number of ether oxygens (including phenoxy) is 1. The van der Waals surface area contributed by atoms with E-state index in [1.54, 1.807) is 25.4 Å². The molecule has 0 bridgehead atoms. The highest BCUT2D eigenvalue weighted by Crippen LogP contribution is 2.30. The Morgan fingerprint density at radius 2 is 1.88 bits per heavy atom. The summed E-state index contributed by atoms with van der Waals surface area (Å²) >= 11 is 0. The van der Waals surface area contributed by atoms with Gasteiger partial charge in [0.05, 0.1) is 36.6 Å². The number of hydrogen-bond acceptors (Lipinski definition) is 6. The van der Waals surface area contributed by atoms with Crippen molar-refractivity contribution in [1.29, 1.82) is 0 Å². The molecule has 2 aliphatic rings. The summed E-state index contributed by atoms with van der Waals surface area (Å²) in [5, 5.41) is 2.88. The Balaban J connectivity index is 1.48. The molecular formula is C24H31N5O3. The third-order valence-corrected chi connectivity index (χ3v) is 6.31. The summed E-state index contributed by atoms with van der Waals surface area (Å²) in [6.45, 7) is 4.82. The van der Waals surface area contributed by atoms with E-state index in [0.29, 0.717) is 35.1 Å². The van der Waals surface area contributed by atoms with Crippen LogP contribution < -0.4 is 10.1 Å². The Hall–Kier alpha value is -3.00. The van der Waals surface area contributed by atoms with Crippen LogP contribution in [0.4, 0.5) is 5.69 Å². The fourth-order valence-electron chi connectivity index (χ4n) is 4.52. The van der Waals surface area contributed by atoms with Gasteiger partial charge in [-0.15, -0.1) is 0 Å². The van der Waals surface area contributed by atoms with E-state index in [4.69, 9.17) is 4.74 Å². The normalized spacial score (nSPS) is 19.1. The SMILES string of the molecule is COc1ccccc1NC(=O)c1cnc(C2CCCCN2CC(=O)N2CCCC2)nc1C. The van der Waals surface area contributed by atoms with Crippen molar-refractivity contribution in [2.75, 3.05) is 38.6 Å². The molecule has 1 aromatic carbocycles. The van der Waals surface area contributed by atoms with Gasteiger partial charge in [0.2, 0.25) is 5.91 Å². The number of anilines is 1. The van der Waals surface area contributed by atoms with Gasteiger partial charge in [0.25, 0.3) is 5.91 Å². The first-order chi connectivity index (χ1) is 15.6. The number of hydrogen-bond donors (Lipinski definition) is 1. The summed E-state index contributed by atoms with van der Waals surface area (Å²) in [5.74, 6) is 1.20. The first-order valence-corrected chi connectivity index (χ1v) is 11.4. The molecule has 3 heterocycles. The van der Waals surface area contributed by atoms with Gasteiger partial charge >= 0.3 is 0 Å². The second-order valence-electron chi connectivity index (χ2n) is 8.45. The third kappa shape index (κ3) is 4.91. The molecule has 0 saturated carbocycles. The second-order valence-corrected chi connectivity index (χ2v) is 8.45. The minimum absolute atomic E-state index is 0.000307. The molecule has 0 spiro atoms. The highest BCUT2D eigenvalue weighted by molar-refractivity contribution is 6.05. The zero-order chi connectivity index (χ0) is 22.5. The molecular weight excluding hydrogens is 406 g/mol. The Bertz CT molecular complexity index is 974. The van der Waals surface area contributed by atoms with Gasteiger partial charge < -0.3 is 15.0 Å². The van der Waals surface area contributed by atoms with E-state index in [0.717, 1.165) is 51.7 Å². The highest BCUT2D eigenvalue weighted by Gasteiger charge is 2.30. The maximum absolute atomic E-state index is 12.8. The van der Waals surface area contributed by atoms with Gasteiger partial charge in [0.15, 0.2) is 0 Å². The van der Waals surface area contributed by atoms with Crippen LogP contribution in [0.1, 0.15) is 60.0 Å². The zero-order valence-electron chi connectivity index (χ0n) is 18.8. The predicted molar refractivity (Wildman–Crippen MR) is 122 cm³/mol. The summed E-state index contributed by atoms with van der Waals surface area (Å²) in [7, 11) is 1.57. The number of carbonyl (C=O) groups is 2. The van der Waals surface area contributed by atoms with E-state index in [-0.39, 0.29) is 17.9 Å². The molecule has 1 atom stereocenters. The number of carbonyl (C=O) groups excluding carboxylic acids is 2. The van der Waals surface area contributed by atoms with Crippen molar-refractivity contribution in [1.82, 2.24) is 19.8 Å². The van der Waals surface area contributed by atoms with Crippen LogP contribution in [0, 0.1) is 6.92 Å². The first kappa shape index (κ1) is 22.2. The number of nitrogens with zero attached hydrogens (tertiary/aromatic N) is 4. The minimum atomic E-state index is -0.275. The molecule has 2 fully saturated rings. The van der Waals surface area contributed by atoms with Gasteiger partial charge in [0.1, 0.15) is 11.6 Å². The van der Waals surface area contributed by atoms with Gasteiger partial charge in [-0.25, -0.2) is 9.97 Å². The molecule has 2 amide bonds. The average molecular weight is 438 g/mol. The van der Waals surface area contributed by atoms with Crippen LogP contribution in [0.2, 0.25) is 0 Å². The van der Waals surface area contributed by atoms with Gasteiger partial charge in [-0.05, 0) is 51.3 Å². The molecule has 0 radical (unpaired) electrons. The van der Waals surface area contributed by atoms with Crippen molar-refractivity contribution in [2.45, 2.75) is 45.1 Å². The molecule has 2 saturated heterocycles. The first-order valence-electron chi connectivity index (χ1n) is 11.4. The molecule has 2 aromatic rings. The van der Waals surface area contributed by atoms with Crippen molar-refractivity contribution in [2.24, 2.45) is 0 Å². The largest absolute Gasteiger partial charge is 0.495 e. The Kier molecular flexibility index (Phi) is 6.99. The number of nitrogens with one attached hydrogen (secondary N) is 1. The fraction of sp³-hybridized carbons (Fsp3) is 0.500. The van der Waals surface area contributed by atoms with Crippen molar-refractivity contribution in [3.63, 3.8) is 0 Å². The maximum Gasteiger partial charge on any atom is 0.259 e.